The average molecular weight is 408 g/mol. The summed E-state index contributed by atoms with van der Waals surface area (Å²) in [6, 6.07) is 9.47. The van der Waals surface area contributed by atoms with Crippen LogP contribution in [-0.4, -0.2) is 26.8 Å². The Morgan fingerprint density at radius 2 is 1.83 bits per heavy atom. The molecule has 1 N–H and O–H groups in total. The summed E-state index contributed by atoms with van der Waals surface area (Å²) in [5, 5.41) is 6.66. The highest BCUT2D eigenvalue weighted by atomic mass is 19.4. The van der Waals surface area contributed by atoms with Gasteiger partial charge in [-0.05, 0) is 36.4 Å². The van der Waals surface area contributed by atoms with E-state index in [-0.39, 0.29) is 30.0 Å². The van der Waals surface area contributed by atoms with Gasteiger partial charge in [-0.2, -0.15) is 13.2 Å². The van der Waals surface area contributed by atoms with Crippen molar-refractivity contribution in [1.82, 2.24) is 19.7 Å². The molecule has 2 aromatic carbocycles. The van der Waals surface area contributed by atoms with E-state index in [0.717, 1.165) is 33.5 Å². The second-order valence-corrected chi connectivity index (χ2v) is 6.23. The fourth-order valence-electron chi connectivity index (χ4n) is 2.70. The molecule has 10 heteroatoms. The third-order valence-corrected chi connectivity index (χ3v) is 4.20. The maximum Gasteiger partial charge on any atom is 0.416 e. The van der Waals surface area contributed by atoms with E-state index < -0.39 is 29.2 Å². The molecule has 1 aromatic heterocycles. The lowest BCUT2D eigenvalue weighted by Gasteiger charge is -2.08. The summed E-state index contributed by atoms with van der Waals surface area (Å²) in [6.07, 6.45) is -4.51. The van der Waals surface area contributed by atoms with Gasteiger partial charge in [0.1, 0.15) is 5.82 Å². The van der Waals surface area contributed by atoms with Crippen LogP contribution in [0.5, 0.6) is 0 Å². The first-order valence-corrected chi connectivity index (χ1v) is 8.52. The molecule has 152 valence electrons. The van der Waals surface area contributed by atoms with Gasteiger partial charge in [0, 0.05) is 24.7 Å². The minimum absolute atomic E-state index is 0.0125. The van der Waals surface area contributed by atoms with Gasteiger partial charge in [0.15, 0.2) is 5.82 Å². The number of alkyl halides is 3. The molecule has 0 saturated carbocycles. The quantitative estimate of drug-likeness (QED) is 0.661. The maximum absolute atomic E-state index is 12.9. The zero-order chi connectivity index (χ0) is 21.2. The summed E-state index contributed by atoms with van der Waals surface area (Å²) in [5.41, 5.74) is -0.977. The molecule has 0 aliphatic heterocycles. The largest absolute Gasteiger partial charge is 0.416 e. The van der Waals surface area contributed by atoms with Crippen molar-refractivity contribution in [2.45, 2.75) is 12.7 Å². The second-order valence-electron chi connectivity index (χ2n) is 6.23. The smallest absolute Gasteiger partial charge is 0.350 e. The van der Waals surface area contributed by atoms with E-state index in [1.807, 2.05) is 0 Å². The van der Waals surface area contributed by atoms with Crippen molar-refractivity contribution in [1.29, 1.82) is 0 Å². The van der Waals surface area contributed by atoms with Crippen LogP contribution in [0.2, 0.25) is 0 Å². The van der Waals surface area contributed by atoms with Gasteiger partial charge in [-0.15, -0.1) is 5.10 Å². The summed E-state index contributed by atoms with van der Waals surface area (Å²) in [5.74, 6) is -0.846. The van der Waals surface area contributed by atoms with E-state index >= 15 is 0 Å². The lowest BCUT2D eigenvalue weighted by atomic mass is 10.1. The predicted octanol–water partition coefficient (Wildman–Crippen LogP) is 2.84. The van der Waals surface area contributed by atoms with Gasteiger partial charge in [-0.25, -0.2) is 13.9 Å². The molecule has 0 unspecified atom stereocenters. The summed E-state index contributed by atoms with van der Waals surface area (Å²) in [6.45, 7) is 0.0632. The normalized spacial score (nSPS) is 11.5. The average Bonchev–Trinajstić information content (AvgIpc) is 2.96. The van der Waals surface area contributed by atoms with Crippen molar-refractivity contribution in [3.63, 3.8) is 0 Å². The molecule has 3 rings (SSSR count). The number of hydrogen-bond acceptors (Lipinski definition) is 3. The third-order valence-electron chi connectivity index (χ3n) is 4.20. The Labute approximate surface area is 162 Å². The van der Waals surface area contributed by atoms with E-state index in [9.17, 15) is 27.2 Å². The maximum atomic E-state index is 12.9. The van der Waals surface area contributed by atoms with Gasteiger partial charge >= 0.3 is 11.9 Å². The zero-order valence-corrected chi connectivity index (χ0v) is 15.2. The Bertz CT molecular complexity index is 1080. The fourth-order valence-corrected chi connectivity index (χ4v) is 2.70. The van der Waals surface area contributed by atoms with Gasteiger partial charge in [0.05, 0.1) is 12.1 Å². The fraction of sp³-hybridized carbons (Fsp3) is 0.211. The number of halogens is 4. The van der Waals surface area contributed by atoms with Crippen LogP contribution in [-0.2, 0) is 19.8 Å². The summed E-state index contributed by atoms with van der Waals surface area (Å²) in [7, 11) is 1.40. The van der Waals surface area contributed by atoms with E-state index in [0.29, 0.717) is 0 Å². The molecule has 0 saturated heterocycles. The highest BCUT2D eigenvalue weighted by Crippen LogP contribution is 2.31. The highest BCUT2D eigenvalue weighted by molar-refractivity contribution is 5.94. The molecule has 0 bridgehead atoms. The molecule has 1 amide bonds. The second kappa shape index (κ2) is 7.90. The molecule has 0 spiro atoms. The van der Waals surface area contributed by atoms with Gasteiger partial charge in [-0.3, -0.25) is 9.36 Å². The van der Waals surface area contributed by atoms with Crippen LogP contribution < -0.4 is 11.0 Å². The number of nitrogens with one attached hydrogen (secondary N) is 1. The summed E-state index contributed by atoms with van der Waals surface area (Å²) >= 11 is 0. The number of benzene rings is 2. The number of carbonyl (C=O) groups excluding carboxylic acids is 1. The van der Waals surface area contributed by atoms with Gasteiger partial charge < -0.3 is 5.32 Å². The lowest BCUT2D eigenvalue weighted by molar-refractivity contribution is -0.137. The van der Waals surface area contributed by atoms with Crippen molar-refractivity contribution in [3.05, 3.63) is 76.0 Å². The Balaban J connectivity index is 1.73. The number of aromatic nitrogens is 3. The molecule has 3 aromatic rings. The van der Waals surface area contributed by atoms with Crippen LogP contribution in [0.25, 0.3) is 11.4 Å². The number of nitrogens with zero attached hydrogens (tertiary/aromatic N) is 3. The minimum atomic E-state index is -4.51. The Morgan fingerprint density at radius 1 is 1.14 bits per heavy atom. The topological polar surface area (TPSA) is 68.9 Å². The summed E-state index contributed by atoms with van der Waals surface area (Å²) < 4.78 is 53.8. The van der Waals surface area contributed by atoms with Crippen molar-refractivity contribution in [2.24, 2.45) is 7.05 Å². The minimum Gasteiger partial charge on any atom is -0.350 e. The van der Waals surface area contributed by atoms with Crippen molar-refractivity contribution >= 4 is 5.91 Å². The molecule has 29 heavy (non-hydrogen) atoms. The monoisotopic (exact) mass is 408 g/mol. The predicted molar refractivity (Wildman–Crippen MR) is 96.6 cm³/mol. The SMILES string of the molecule is Cn1c(-c2cccc(C(F)(F)F)c2)nn(CCNC(=O)c2ccc(F)cc2)c1=O. The number of rotatable bonds is 5. The first-order valence-electron chi connectivity index (χ1n) is 8.52. The van der Waals surface area contributed by atoms with E-state index in [1.165, 1.54) is 31.3 Å². The highest BCUT2D eigenvalue weighted by Gasteiger charge is 2.30. The van der Waals surface area contributed by atoms with Gasteiger partial charge in [0.25, 0.3) is 5.91 Å². The molecule has 0 radical (unpaired) electrons. The molecule has 0 fully saturated rings. The van der Waals surface area contributed by atoms with Crippen molar-refractivity contribution < 1.29 is 22.4 Å². The standard InChI is InChI=1S/C19H16F4N4O2/c1-26-16(13-3-2-4-14(11-13)19(21,22)23)25-27(18(26)29)10-9-24-17(28)12-5-7-15(20)8-6-12/h2-8,11H,9-10H2,1H3,(H,24,28). The molecule has 1 heterocycles. The lowest BCUT2D eigenvalue weighted by Crippen LogP contribution is -2.31. The molecule has 6 nitrogen and oxygen atoms in total. The summed E-state index contributed by atoms with van der Waals surface area (Å²) in [4.78, 5) is 24.3. The van der Waals surface area contributed by atoms with Crippen LogP contribution in [0.3, 0.4) is 0 Å². The Kier molecular flexibility index (Phi) is 5.53. The van der Waals surface area contributed by atoms with Crippen LogP contribution in [0.1, 0.15) is 15.9 Å². The Hall–Kier alpha value is -3.43. The van der Waals surface area contributed by atoms with Crippen LogP contribution >= 0.6 is 0 Å². The Morgan fingerprint density at radius 3 is 2.48 bits per heavy atom. The first-order chi connectivity index (χ1) is 13.7. The molecular weight excluding hydrogens is 392 g/mol. The van der Waals surface area contributed by atoms with Crippen molar-refractivity contribution in [3.8, 4) is 11.4 Å². The van der Waals surface area contributed by atoms with Gasteiger partial charge in [0.2, 0.25) is 0 Å². The van der Waals surface area contributed by atoms with E-state index in [4.69, 9.17) is 0 Å². The molecular formula is C19H16F4N4O2. The van der Waals surface area contributed by atoms with Crippen LogP contribution in [0, 0.1) is 5.82 Å². The van der Waals surface area contributed by atoms with Crippen LogP contribution in [0.4, 0.5) is 17.6 Å². The number of hydrogen-bond donors (Lipinski definition) is 1. The number of amides is 1. The third kappa shape index (κ3) is 4.53. The first kappa shape index (κ1) is 20.3. The number of carbonyl (C=O) groups is 1. The molecule has 0 aliphatic rings. The molecule has 0 aliphatic carbocycles. The van der Waals surface area contributed by atoms with Crippen molar-refractivity contribution in [2.75, 3.05) is 6.54 Å². The zero-order valence-electron chi connectivity index (χ0n) is 15.2. The van der Waals surface area contributed by atoms with Gasteiger partial charge in [-0.1, -0.05) is 12.1 Å². The van der Waals surface area contributed by atoms with Crippen LogP contribution in [0.15, 0.2) is 53.3 Å². The van der Waals surface area contributed by atoms with E-state index in [1.54, 1.807) is 0 Å². The molecule has 0 atom stereocenters. The van der Waals surface area contributed by atoms with E-state index in [2.05, 4.69) is 10.4 Å².